The second-order valence-corrected chi connectivity index (χ2v) is 5.53. The summed E-state index contributed by atoms with van der Waals surface area (Å²) in [6, 6.07) is 6.96. The summed E-state index contributed by atoms with van der Waals surface area (Å²) >= 11 is 3.30. The van der Waals surface area contributed by atoms with Crippen molar-refractivity contribution in [2.24, 2.45) is 0 Å². The minimum Gasteiger partial charge on any atom is -0.486 e. The average molecular weight is 339 g/mol. The van der Waals surface area contributed by atoms with Crippen molar-refractivity contribution in [3.8, 4) is 5.75 Å². The molecule has 20 heavy (non-hydrogen) atoms. The van der Waals surface area contributed by atoms with Crippen LogP contribution < -0.4 is 4.74 Å². The number of carboxylic acid groups (broad SMARTS) is 1. The number of carbonyl (C=O) groups is 1. The van der Waals surface area contributed by atoms with Gasteiger partial charge in [0.15, 0.2) is 0 Å². The fraction of sp³-hybridized carbons (Fsp3) is 0.286. The molecule has 1 N–H and O–H groups in total. The van der Waals surface area contributed by atoms with Crippen molar-refractivity contribution in [1.29, 1.82) is 0 Å². The molecule has 0 aliphatic rings. The quantitative estimate of drug-likeness (QED) is 0.905. The Labute approximate surface area is 125 Å². The predicted molar refractivity (Wildman–Crippen MR) is 78.0 cm³/mol. The summed E-state index contributed by atoms with van der Waals surface area (Å²) in [5.41, 5.74) is 0.895. The van der Waals surface area contributed by atoms with Crippen LogP contribution in [0.3, 0.4) is 0 Å². The molecule has 5 nitrogen and oxygen atoms in total. The first-order chi connectivity index (χ1) is 9.47. The third-order valence-electron chi connectivity index (χ3n) is 2.74. The second kappa shape index (κ2) is 6.09. The Kier molecular flexibility index (Phi) is 4.44. The maximum Gasteiger partial charge on any atom is 0.339 e. The molecule has 0 spiro atoms. The molecule has 0 aliphatic carbocycles. The van der Waals surface area contributed by atoms with Crippen LogP contribution >= 0.6 is 15.9 Å². The Morgan fingerprint density at radius 1 is 1.45 bits per heavy atom. The zero-order valence-corrected chi connectivity index (χ0v) is 12.8. The Morgan fingerprint density at radius 3 is 2.80 bits per heavy atom. The first-order valence-corrected chi connectivity index (χ1v) is 6.96. The van der Waals surface area contributed by atoms with Crippen LogP contribution in [0.5, 0.6) is 5.75 Å². The Morgan fingerprint density at radius 2 is 2.20 bits per heavy atom. The highest BCUT2D eigenvalue weighted by molar-refractivity contribution is 9.10. The van der Waals surface area contributed by atoms with E-state index < -0.39 is 5.97 Å². The van der Waals surface area contributed by atoms with Gasteiger partial charge in [-0.1, -0.05) is 15.9 Å². The number of nitrogens with zero attached hydrogens (tertiary/aromatic N) is 2. The molecule has 1 aromatic carbocycles. The van der Waals surface area contributed by atoms with Gasteiger partial charge in [-0.15, -0.1) is 0 Å². The molecule has 0 radical (unpaired) electrons. The molecule has 2 rings (SSSR count). The standard InChI is InChI=1S/C14H15BrN2O3/c1-9(2)17-6-5-11(16-17)8-20-13-7-10(15)3-4-12(13)14(18)19/h3-7,9H,8H2,1-2H3,(H,18,19). The van der Waals surface area contributed by atoms with E-state index in [2.05, 4.69) is 21.0 Å². The average Bonchev–Trinajstić information content (AvgIpc) is 2.85. The summed E-state index contributed by atoms with van der Waals surface area (Å²) in [4.78, 5) is 11.1. The van der Waals surface area contributed by atoms with Gasteiger partial charge >= 0.3 is 5.97 Å². The highest BCUT2D eigenvalue weighted by atomic mass is 79.9. The van der Waals surface area contributed by atoms with E-state index in [1.165, 1.54) is 6.07 Å². The molecule has 2 aromatic rings. The van der Waals surface area contributed by atoms with Gasteiger partial charge in [-0.3, -0.25) is 4.68 Å². The van der Waals surface area contributed by atoms with Crippen LogP contribution in [-0.4, -0.2) is 20.9 Å². The van der Waals surface area contributed by atoms with Crippen LogP contribution in [0, 0.1) is 0 Å². The van der Waals surface area contributed by atoms with E-state index in [-0.39, 0.29) is 18.2 Å². The lowest BCUT2D eigenvalue weighted by molar-refractivity contribution is 0.0691. The van der Waals surface area contributed by atoms with Gasteiger partial charge in [0.1, 0.15) is 17.9 Å². The third kappa shape index (κ3) is 3.39. The first-order valence-electron chi connectivity index (χ1n) is 6.17. The molecule has 1 aromatic heterocycles. The number of aromatic carboxylic acids is 1. The van der Waals surface area contributed by atoms with Crippen LogP contribution in [0.25, 0.3) is 0 Å². The molecule has 0 amide bonds. The molecule has 1 heterocycles. The molecule has 0 unspecified atom stereocenters. The van der Waals surface area contributed by atoms with Gasteiger partial charge in [-0.2, -0.15) is 5.10 Å². The van der Waals surface area contributed by atoms with Gasteiger partial charge in [-0.25, -0.2) is 4.79 Å². The molecule has 6 heteroatoms. The van der Waals surface area contributed by atoms with Gasteiger partial charge < -0.3 is 9.84 Å². The fourth-order valence-corrected chi connectivity index (χ4v) is 2.03. The van der Waals surface area contributed by atoms with Gasteiger partial charge in [0.2, 0.25) is 0 Å². The Hall–Kier alpha value is -1.82. The summed E-state index contributed by atoms with van der Waals surface area (Å²) in [6.07, 6.45) is 1.88. The van der Waals surface area contributed by atoms with Crippen LogP contribution in [-0.2, 0) is 6.61 Å². The van der Waals surface area contributed by atoms with Crippen molar-refractivity contribution in [2.75, 3.05) is 0 Å². The van der Waals surface area contributed by atoms with E-state index in [9.17, 15) is 4.79 Å². The summed E-state index contributed by atoms with van der Waals surface area (Å²) in [6.45, 7) is 4.30. The first kappa shape index (κ1) is 14.6. The maximum atomic E-state index is 11.1. The number of carboxylic acids is 1. The number of hydrogen-bond donors (Lipinski definition) is 1. The van der Waals surface area contributed by atoms with Crippen molar-refractivity contribution in [2.45, 2.75) is 26.5 Å². The number of halogens is 1. The minimum absolute atomic E-state index is 0.136. The lowest BCUT2D eigenvalue weighted by atomic mass is 10.2. The number of rotatable bonds is 5. The van der Waals surface area contributed by atoms with E-state index in [1.54, 1.807) is 12.1 Å². The van der Waals surface area contributed by atoms with Crippen LogP contribution in [0.4, 0.5) is 0 Å². The summed E-state index contributed by atoms with van der Waals surface area (Å²) < 4.78 is 8.17. The predicted octanol–water partition coefficient (Wildman–Crippen LogP) is 3.50. The number of ether oxygens (including phenoxy) is 1. The fourth-order valence-electron chi connectivity index (χ4n) is 1.69. The molecule has 0 bridgehead atoms. The second-order valence-electron chi connectivity index (χ2n) is 4.62. The smallest absolute Gasteiger partial charge is 0.339 e. The molecular formula is C14H15BrN2O3. The van der Waals surface area contributed by atoms with Crippen molar-refractivity contribution in [3.05, 3.63) is 46.2 Å². The Balaban J connectivity index is 2.13. The SMILES string of the molecule is CC(C)n1ccc(COc2cc(Br)ccc2C(=O)O)n1. The van der Waals surface area contributed by atoms with Gasteiger partial charge in [0.05, 0.1) is 5.69 Å². The highest BCUT2D eigenvalue weighted by Crippen LogP contribution is 2.24. The number of aromatic nitrogens is 2. The molecule has 106 valence electrons. The normalized spacial score (nSPS) is 10.8. The molecule has 0 aliphatic heterocycles. The summed E-state index contributed by atoms with van der Waals surface area (Å²) in [7, 11) is 0. The third-order valence-corrected chi connectivity index (χ3v) is 3.24. The lowest BCUT2D eigenvalue weighted by Crippen LogP contribution is -2.05. The topological polar surface area (TPSA) is 64.3 Å². The van der Waals surface area contributed by atoms with E-state index in [0.717, 1.165) is 10.2 Å². The number of hydrogen-bond acceptors (Lipinski definition) is 3. The van der Waals surface area contributed by atoms with E-state index >= 15 is 0 Å². The summed E-state index contributed by atoms with van der Waals surface area (Å²) in [5.74, 6) is -0.689. The monoisotopic (exact) mass is 338 g/mol. The van der Waals surface area contributed by atoms with E-state index in [4.69, 9.17) is 9.84 Å². The maximum absolute atomic E-state index is 11.1. The highest BCUT2D eigenvalue weighted by Gasteiger charge is 2.12. The molecule has 0 saturated carbocycles. The lowest BCUT2D eigenvalue weighted by Gasteiger charge is -2.08. The zero-order chi connectivity index (χ0) is 14.7. The molecular weight excluding hydrogens is 324 g/mol. The van der Waals surface area contributed by atoms with Crippen molar-refractivity contribution in [1.82, 2.24) is 9.78 Å². The van der Waals surface area contributed by atoms with E-state index in [0.29, 0.717) is 5.75 Å². The van der Waals surface area contributed by atoms with Gasteiger partial charge in [-0.05, 0) is 38.1 Å². The number of benzene rings is 1. The molecule has 0 saturated heterocycles. The van der Waals surface area contributed by atoms with Gasteiger partial charge in [0, 0.05) is 16.7 Å². The molecule has 0 atom stereocenters. The van der Waals surface area contributed by atoms with Crippen LogP contribution in [0.1, 0.15) is 35.9 Å². The largest absolute Gasteiger partial charge is 0.486 e. The minimum atomic E-state index is -1.01. The van der Waals surface area contributed by atoms with Crippen molar-refractivity contribution >= 4 is 21.9 Å². The van der Waals surface area contributed by atoms with Crippen LogP contribution in [0.15, 0.2) is 34.9 Å². The van der Waals surface area contributed by atoms with E-state index in [1.807, 2.05) is 30.8 Å². The van der Waals surface area contributed by atoms with Gasteiger partial charge in [0.25, 0.3) is 0 Å². The Bertz CT molecular complexity index is 623. The van der Waals surface area contributed by atoms with Crippen molar-refractivity contribution in [3.63, 3.8) is 0 Å². The zero-order valence-electron chi connectivity index (χ0n) is 11.2. The van der Waals surface area contributed by atoms with Crippen LogP contribution in [0.2, 0.25) is 0 Å². The molecule has 0 fully saturated rings. The summed E-state index contributed by atoms with van der Waals surface area (Å²) in [5, 5.41) is 13.5. The van der Waals surface area contributed by atoms with Crippen molar-refractivity contribution < 1.29 is 14.6 Å².